The molecule has 0 bridgehead atoms. The van der Waals surface area contributed by atoms with Gasteiger partial charge in [0.1, 0.15) is 5.84 Å². The molecule has 6 heteroatoms. The van der Waals surface area contributed by atoms with Gasteiger partial charge in [0.05, 0.1) is 11.4 Å². The van der Waals surface area contributed by atoms with Gasteiger partial charge in [-0.15, -0.1) is 0 Å². The zero-order valence-electron chi connectivity index (χ0n) is 12.1. The lowest BCUT2D eigenvalue weighted by atomic mass is 9.88. The summed E-state index contributed by atoms with van der Waals surface area (Å²) in [5.41, 5.74) is 6.79. The highest BCUT2D eigenvalue weighted by molar-refractivity contribution is 7.90. The van der Waals surface area contributed by atoms with Crippen LogP contribution in [0.1, 0.15) is 32.8 Å². The van der Waals surface area contributed by atoms with Crippen molar-refractivity contribution in [1.82, 2.24) is 4.72 Å². The van der Waals surface area contributed by atoms with E-state index in [-0.39, 0.29) is 16.4 Å². The highest BCUT2D eigenvalue weighted by atomic mass is 32.2. The zero-order valence-corrected chi connectivity index (χ0v) is 12.9. The Morgan fingerprint density at radius 3 is 2.60 bits per heavy atom. The molecule has 0 saturated carbocycles. The van der Waals surface area contributed by atoms with Crippen molar-refractivity contribution in [1.29, 1.82) is 0 Å². The number of rotatable bonds is 3. The first-order valence-electron chi connectivity index (χ1n) is 6.61. The number of hydrogen-bond donors (Lipinski definition) is 2. The normalized spacial score (nSPS) is 20.5. The monoisotopic (exact) mass is 295 g/mol. The van der Waals surface area contributed by atoms with Gasteiger partial charge in [0, 0.05) is 11.6 Å². The average Bonchev–Trinajstić information content (AvgIpc) is 2.57. The molecule has 1 atom stereocenters. The Hall–Kier alpha value is -1.40. The SMILES string of the molecule is CC(C)(C)CC(N)CN=C1NS(=O)(=O)c2ccccc21. The number of amidine groups is 1. The summed E-state index contributed by atoms with van der Waals surface area (Å²) < 4.78 is 26.3. The zero-order chi connectivity index (χ0) is 15.0. The van der Waals surface area contributed by atoms with Crippen LogP contribution in [0, 0.1) is 5.41 Å². The van der Waals surface area contributed by atoms with E-state index in [0.717, 1.165) is 6.42 Å². The van der Waals surface area contributed by atoms with Crippen molar-refractivity contribution < 1.29 is 8.42 Å². The minimum Gasteiger partial charge on any atom is -0.326 e. The average molecular weight is 295 g/mol. The first kappa shape index (κ1) is 15.0. The van der Waals surface area contributed by atoms with Crippen LogP contribution in [0.5, 0.6) is 0 Å². The lowest BCUT2D eigenvalue weighted by Gasteiger charge is -2.21. The number of nitrogens with two attached hydrogens (primary N) is 1. The summed E-state index contributed by atoms with van der Waals surface area (Å²) in [5.74, 6) is 0.393. The standard InChI is InChI=1S/C14H21N3O2S/c1-14(2,3)8-10(15)9-16-13-11-6-4-5-7-12(11)20(18,19)17-13/h4-7,10H,8-9,15H2,1-3H3,(H,16,17). The van der Waals surface area contributed by atoms with Crippen LogP contribution in [0.25, 0.3) is 0 Å². The van der Waals surface area contributed by atoms with E-state index in [1.54, 1.807) is 24.3 Å². The molecule has 0 fully saturated rings. The molecule has 1 unspecified atom stereocenters. The molecule has 2 rings (SSSR count). The highest BCUT2D eigenvalue weighted by Crippen LogP contribution is 2.23. The molecule has 1 aromatic rings. The summed E-state index contributed by atoms with van der Waals surface area (Å²) in [6, 6.07) is 6.74. The Balaban J connectivity index is 2.18. The van der Waals surface area contributed by atoms with Crippen LogP contribution in [-0.4, -0.2) is 26.8 Å². The molecule has 1 aliphatic heterocycles. The number of fused-ring (bicyclic) bond motifs is 1. The summed E-state index contributed by atoms with van der Waals surface area (Å²) in [7, 11) is -3.46. The maximum absolute atomic E-state index is 11.9. The van der Waals surface area contributed by atoms with Crippen LogP contribution in [0.3, 0.4) is 0 Å². The Labute approximate surface area is 120 Å². The Morgan fingerprint density at radius 1 is 1.30 bits per heavy atom. The van der Waals surface area contributed by atoms with Gasteiger partial charge in [0.25, 0.3) is 10.0 Å². The van der Waals surface area contributed by atoms with Crippen LogP contribution < -0.4 is 10.5 Å². The van der Waals surface area contributed by atoms with Crippen LogP contribution in [0.15, 0.2) is 34.2 Å². The molecule has 0 saturated heterocycles. The van der Waals surface area contributed by atoms with Crippen LogP contribution >= 0.6 is 0 Å². The minimum atomic E-state index is -3.46. The van der Waals surface area contributed by atoms with Gasteiger partial charge >= 0.3 is 0 Å². The Morgan fingerprint density at radius 2 is 1.95 bits per heavy atom. The van der Waals surface area contributed by atoms with Crippen molar-refractivity contribution in [3.05, 3.63) is 29.8 Å². The Bertz CT molecular complexity index is 630. The van der Waals surface area contributed by atoms with E-state index < -0.39 is 10.0 Å². The maximum atomic E-state index is 11.9. The topological polar surface area (TPSA) is 84.5 Å². The molecule has 1 aromatic carbocycles. The molecule has 0 aromatic heterocycles. The van der Waals surface area contributed by atoms with Crippen molar-refractivity contribution in [2.45, 2.75) is 38.1 Å². The van der Waals surface area contributed by atoms with Gasteiger partial charge in [-0.05, 0) is 24.0 Å². The summed E-state index contributed by atoms with van der Waals surface area (Å²) in [5, 5.41) is 0. The van der Waals surface area contributed by atoms with Gasteiger partial charge in [-0.2, -0.15) is 0 Å². The molecule has 0 spiro atoms. The number of nitrogens with one attached hydrogen (secondary N) is 1. The van der Waals surface area contributed by atoms with Crippen molar-refractivity contribution in [2.75, 3.05) is 6.54 Å². The second-order valence-electron chi connectivity index (χ2n) is 6.32. The van der Waals surface area contributed by atoms with Gasteiger partial charge in [-0.3, -0.25) is 9.71 Å². The van der Waals surface area contributed by atoms with Crippen molar-refractivity contribution in [2.24, 2.45) is 16.1 Å². The lowest BCUT2D eigenvalue weighted by molar-refractivity contribution is 0.342. The smallest absolute Gasteiger partial charge is 0.263 e. The largest absolute Gasteiger partial charge is 0.326 e. The molecule has 1 aliphatic rings. The molecule has 0 amide bonds. The van der Waals surface area contributed by atoms with E-state index in [4.69, 9.17) is 5.73 Å². The van der Waals surface area contributed by atoms with E-state index in [0.29, 0.717) is 17.9 Å². The maximum Gasteiger partial charge on any atom is 0.263 e. The van der Waals surface area contributed by atoms with E-state index in [1.165, 1.54) is 0 Å². The van der Waals surface area contributed by atoms with Crippen LogP contribution in [0.2, 0.25) is 0 Å². The minimum absolute atomic E-state index is 0.0835. The first-order valence-corrected chi connectivity index (χ1v) is 8.10. The fourth-order valence-electron chi connectivity index (χ4n) is 2.31. The van der Waals surface area contributed by atoms with E-state index in [2.05, 4.69) is 30.5 Å². The van der Waals surface area contributed by atoms with Crippen LogP contribution in [-0.2, 0) is 10.0 Å². The number of hydrogen-bond acceptors (Lipinski definition) is 4. The van der Waals surface area contributed by atoms with Crippen molar-refractivity contribution >= 4 is 15.9 Å². The fraction of sp³-hybridized carbons (Fsp3) is 0.500. The molecular weight excluding hydrogens is 274 g/mol. The second kappa shape index (κ2) is 5.18. The third-order valence-corrected chi connectivity index (χ3v) is 4.42. The Kier molecular flexibility index (Phi) is 3.88. The van der Waals surface area contributed by atoms with Gasteiger partial charge in [0.15, 0.2) is 0 Å². The molecule has 5 nitrogen and oxygen atoms in total. The predicted molar refractivity (Wildman–Crippen MR) is 80.2 cm³/mol. The number of nitrogens with zero attached hydrogens (tertiary/aromatic N) is 1. The van der Waals surface area contributed by atoms with Gasteiger partial charge < -0.3 is 5.73 Å². The molecule has 0 radical (unpaired) electrons. The number of aliphatic imine (C=N–C) groups is 1. The van der Waals surface area contributed by atoms with E-state index >= 15 is 0 Å². The van der Waals surface area contributed by atoms with Gasteiger partial charge in [-0.25, -0.2) is 8.42 Å². The summed E-state index contributed by atoms with van der Waals surface area (Å²) in [6.45, 7) is 6.76. The molecule has 20 heavy (non-hydrogen) atoms. The van der Waals surface area contributed by atoms with E-state index in [9.17, 15) is 8.42 Å². The third kappa shape index (κ3) is 3.37. The molecule has 3 N–H and O–H groups in total. The second-order valence-corrected chi connectivity index (χ2v) is 7.97. The first-order chi connectivity index (χ1) is 9.19. The number of sulfonamides is 1. The van der Waals surface area contributed by atoms with Crippen molar-refractivity contribution in [3.8, 4) is 0 Å². The van der Waals surface area contributed by atoms with Gasteiger partial charge in [0.2, 0.25) is 0 Å². The van der Waals surface area contributed by atoms with Crippen molar-refractivity contribution in [3.63, 3.8) is 0 Å². The van der Waals surface area contributed by atoms with E-state index in [1.807, 2.05) is 0 Å². The predicted octanol–water partition coefficient (Wildman–Crippen LogP) is 1.49. The molecular formula is C14H21N3O2S. The molecule has 0 aliphatic carbocycles. The van der Waals surface area contributed by atoms with Gasteiger partial charge in [-0.1, -0.05) is 32.9 Å². The number of benzene rings is 1. The molecule has 1 heterocycles. The molecule has 110 valence electrons. The highest BCUT2D eigenvalue weighted by Gasteiger charge is 2.30. The fourth-order valence-corrected chi connectivity index (χ4v) is 3.56. The van der Waals surface area contributed by atoms with Crippen LogP contribution in [0.4, 0.5) is 0 Å². The lowest BCUT2D eigenvalue weighted by Crippen LogP contribution is -2.31. The third-order valence-electron chi connectivity index (χ3n) is 3.02. The summed E-state index contributed by atoms with van der Waals surface area (Å²) in [4.78, 5) is 4.63. The summed E-state index contributed by atoms with van der Waals surface area (Å²) in [6.07, 6.45) is 0.832. The quantitative estimate of drug-likeness (QED) is 0.886. The summed E-state index contributed by atoms with van der Waals surface area (Å²) >= 11 is 0.